The van der Waals surface area contributed by atoms with Gasteiger partial charge in [-0.3, -0.25) is 0 Å². The lowest BCUT2D eigenvalue weighted by Gasteiger charge is -2.36. The van der Waals surface area contributed by atoms with Gasteiger partial charge >= 0.3 is 0 Å². The quantitative estimate of drug-likeness (QED) is 0.495. The van der Waals surface area contributed by atoms with Crippen molar-refractivity contribution in [3.05, 3.63) is 46.3 Å². The van der Waals surface area contributed by atoms with E-state index >= 15 is 0 Å². The molecule has 3 atom stereocenters. The molecule has 1 aliphatic rings. The summed E-state index contributed by atoms with van der Waals surface area (Å²) >= 11 is 1.82. The summed E-state index contributed by atoms with van der Waals surface area (Å²) in [5.41, 5.74) is 1.11. The Balaban J connectivity index is 1.52. The van der Waals surface area contributed by atoms with Crippen LogP contribution in [0.3, 0.4) is 0 Å². The minimum absolute atomic E-state index is 0.232. The van der Waals surface area contributed by atoms with Gasteiger partial charge in [-0.05, 0) is 56.2 Å². The van der Waals surface area contributed by atoms with E-state index in [1.165, 1.54) is 4.88 Å². The van der Waals surface area contributed by atoms with E-state index in [0.29, 0.717) is 12.5 Å². The molecule has 1 saturated heterocycles. The zero-order valence-corrected chi connectivity index (χ0v) is 19.4. The molecule has 6 nitrogen and oxygen atoms in total. The van der Waals surface area contributed by atoms with E-state index in [9.17, 15) is 0 Å². The van der Waals surface area contributed by atoms with Gasteiger partial charge < -0.3 is 20.3 Å². The third-order valence-electron chi connectivity index (χ3n) is 5.06. The van der Waals surface area contributed by atoms with Crippen LogP contribution >= 0.6 is 11.3 Å². The van der Waals surface area contributed by atoms with Gasteiger partial charge in [-0.15, -0.1) is 11.3 Å². The SMILES string of the molecule is CCNC(=NCc1ccc(N2CC(C)OC(C)C2)nc1)NCC(C)Cc1cccs1. The van der Waals surface area contributed by atoms with Crippen molar-refractivity contribution in [1.29, 1.82) is 0 Å². The molecule has 0 amide bonds. The molecule has 164 valence electrons. The summed E-state index contributed by atoms with van der Waals surface area (Å²) in [5, 5.41) is 8.96. The average Bonchev–Trinajstić information content (AvgIpc) is 3.22. The summed E-state index contributed by atoms with van der Waals surface area (Å²) in [4.78, 5) is 13.1. The fourth-order valence-electron chi connectivity index (χ4n) is 3.69. The molecule has 0 saturated carbocycles. The number of pyridine rings is 1. The van der Waals surface area contributed by atoms with Gasteiger partial charge in [-0.25, -0.2) is 9.98 Å². The van der Waals surface area contributed by atoms with Crippen molar-refractivity contribution in [1.82, 2.24) is 15.6 Å². The van der Waals surface area contributed by atoms with Crippen LogP contribution in [0.1, 0.15) is 38.1 Å². The number of guanidine groups is 1. The van der Waals surface area contributed by atoms with Crippen LogP contribution < -0.4 is 15.5 Å². The molecule has 0 aliphatic carbocycles. The lowest BCUT2D eigenvalue weighted by molar-refractivity contribution is -0.00545. The number of ether oxygens (including phenoxy) is 1. The molecule has 2 N–H and O–H groups in total. The predicted octanol–water partition coefficient (Wildman–Crippen LogP) is 3.69. The smallest absolute Gasteiger partial charge is 0.191 e. The maximum Gasteiger partial charge on any atom is 0.191 e. The highest BCUT2D eigenvalue weighted by molar-refractivity contribution is 7.09. The highest BCUT2D eigenvalue weighted by Gasteiger charge is 2.22. The van der Waals surface area contributed by atoms with E-state index in [2.05, 4.69) is 77.9 Å². The molecule has 0 spiro atoms. The Hall–Kier alpha value is -2.12. The summed E-state index contributed by atoms with van der Waals surface area (Å²) in [6.07, 6.45) is 3.49. The molecule has 3 heterocycles. The molecule has 3 unspecified atom stereocenters. The van der Waals surface area contributed by atoms with E-state index in [-0.39, 0.29) is 12.2 Å². The molecular weight excluding hydrogens is 394 g/mol. The third-order valence-corrected chi connectivity index (χ3v) is 5.96. The largest absolute Gasteiger partial charge is 0.372 e. The monoisotopic (exact) mass is 429 g/mol. The van der Waals surface area contributed by atoms with Gasteiger partial charge in [0, 0.05) is 37.3 Å². The molecule has 2 aromatic heterocycles. The summed E-state index contributed by atoms with van der Waals surface area (Å²) < 4.78 is 5.82. The zero-order chi connectivity index (χ0) is 21.3. The number of rotatable bonds is 8. The highest BCUT2D eigenvalue weighted by atomic mass is 32.1. The van der Waals surface area contributed by atoms with Gasteiger partial charge in [0.15, 0.2) is 5.96 Å². The van der Waals surface area contributed by atoms with Crippen molar-refractivity contribution in [2.24, 2.45) is 10.9 Å². The van der Waals surface area contributed by atoms with E-state index < -0.39 is 0 Å². The standard InChI is InChI=1S/C23H35N5OS/c1-5-24-23(26-12-17(2)11-21-7-6-10-30-21)27-14-20-8-9-22(25-13-20)28-15-18(3)29-19(4)16-28/h6-10,13,17-19H,5,11-12,14-16H2,1-4H3,(H2,24,26,27). The fraction of sp³-hybridized carbons (Fsp3) is 0.565. The first kappa shape index (κ1) is 22.6. The lowest BCUT2D eigenvalue weighted by Crippen LogP contribution is -2.45. The molecule has 2 aromatic rings. The van der Waals surface area contributed by atoms with Crippen molar-refractivity contribution in [2.45, 2.75) is 52.9 Å². The van der Waals surface area contributed by atoms with Gasteiger partial charge in [-0.2, -0.15) is 0 Å². The first-order valence-corrected chi connectivity index (χ1v) is 11.8. The molecular formula is C23H35N5OS. The van der Waals surface area contributed by atoms with Crippen molar-refractivity contribution < 1.29 is 4.74 Å². The summed E-state index contributed by atoms with van der Waals surface area (Å²) in [7, 11) is 0. The number of aromatic nitrogens is 1. The van der Waals surface area contributed by atoms with Crippen molar-refractivity contribution in [3.8, 4) is 0 Å². The average molecular weight is 430 g/mol. The van der Waals surface area contributed by atoms with Gasteiger partial charge in [0.2, 0.25) is 0 Å². The maximum absolute atomic E-state index is 5.82. The minimum atomic E-state index is 0.232. The Morgan fingerprint density at radius 1 is 1.27 bits per heavy atom. The first-order valence-electron chi connectivity index (χ1n) is 10.9. The normalized spacial score (nSPS) is 20.8. The van der Waals surface area contributed by atoms with Crippen molar-refractivity contribution in [3.63, 3.8) is 0 Å². The molecule has 30 heavy (non-hydrogen) atoms. The third kappa shape index (κ3) is 6.99. The second-order valence-corrected chi connectivity index (χ2v) is 9.18. The number of thiophene rings is 1. The van der Waals surface area contributed by atoms with Crippen LogP contribution in [0.25, 0.3) is 0 Å². The van der Waals surface area contributed by atoms with Crippen LogP contribution in [0.15, 0.2) is 40.8 Å². The van der Waals surface area contributed by atoms with E-state index in [0.717, 1.165) is 49.9 Å². The van der Waals surface area contributed by atoms with Gasteiger partial charge in [0.1, 0.15) is 5.82 Å². The van der Waals surface area contributed by atoms with Crippen LogP contribution in [0, 0.1) is 5.92 Å². The molecule has 7 heteroatoms. The molecule has 0 radical (unpaired) electrons. The zero-order valence-electron chi connectivity index (χ0n) is 18.6. The number of morpholine rings is 1. The number of nitrogens with zero attached hydrogens (tertiary/aromatic N) is 3. The molecule has 0 bridgehead atoms. The van der Waals surface area contributed by atoms with Gasteiger partial charge in [0.25, 0.3) is 0 Å². The van der Waals surface area contributed by atoms with Crippen molar-refractivity contribution in [2.75, 3.05) is 31.1 Å². The van der Waals surface area contributed by atoms with Crippen molar-refractivity contribution >= 4 is 23.1 Å². The number of aliphatic imine (C=N–C) groups is 1. The van der Waals surface area contributed by atoms with Gasteiger partial charge in [-0.1, -0.05) is 19.1 Å². The van der Waals surface area contributed by atoms with E-state index in [4.69, 9.17) is 9.73 Å². The number of hydrogen-bond donors (Lipinski definition) is 2. The van der Waals surface area contributed by atoms with Crippen LogP contribution in [0.5, 0.6) is 0 Å². The second-order valence-electron chi connectivity index (χ2n) is 8.15. The lowest BCUT2D eigenvalue weighted by atomic mass is 10.1. The molecule has 1 fully saturated rings. The first-order chi connectivity index (χ1) is 14.5. The van der Waals surface area contributed by atoms with Crippen LogP contribution in [-0.4, -0.2) is 49.3 Å². The molecule has 3 rings (SSSR count). The number of anilines is 1. The Labute approximate surface area is 184 Å². The minimum Gasteiger partial charge on any atom is -0.372 e. The van der Waals surface area contributed by atoms with Crippen LogP contribution in [-0.2, 0) is 17.7 Å². The Morgan fingerprint density at radius 2 is 2.07 bits per heavy atom. The topological polar surface area (TPSA) is 61.8 Å². The highest BCUT2D eigenvalue weighted by Crippen LogP contribution is 2.18. The Kier molecular flexibility index (Phi) is 8.51. The van der Waals surface area contributed by atoms with Crippen LogP contribution in [0.2, 0.25) is 0 Å². The van der Waals surface area contributed by atoms with Gasteiger partial charge in [0.05, 0.1) is 18.8 Å². The number of nitrogens with one attached hydrogen (secondary N) is 2. The Morgan fingerprint density at radius 3 is 2.70 bits per heavy atom. The summed E-state index contributed by atoms with van der Waals surface area (Å²) in [6.45, 7) is 12.7. The second kappa shape index (κ2) is 11.3. The number of hydrogen-bond acceptors (Lipinski definition) is 5. The summed E-state index contributed by atoms with van der Waals surface area (Å²) in [5.74, 6) is 2.42. The molecule has 1 aliphatic heterocycles. The predicted molar refractivity (Wildman–Crippen MR) is 126 cm³/mol. The van der Waals surface area contributed by atoms with E-state index in [1.807, 2.05) is 17.5 Å². The maximum atomic E-state index is 5.82. The summed E-state index contributed by atoms with van der Waals surface area (Å²) in [6, 6.07) is 8.54. The Bertz CT molecular complexity index is 767. The van der Waals surface area contributed by atoms with E-state index in [1.54, 1.807) is 0 Å². The molecule has 0 aromatic carbocycles. The fourth-order valence-corrected chi connectivity index (χ4v) is 4.56. The van der Waals surface area contributed by atoms with Crippen LogP contribution in [0.4, 0.5) is 5.82 Å².